The number of rotatable bonds is 4. The van der Waals surface area contributed by atoms with Crippen LogP contribution in [0.3, 0.4) is 0 Å². The van der Waals surface area contributed by atoms with Gasteiger partial charge in [0.1, 0.15) is 5.60 Å². The molecule has 1 aromatic heterocycles. The minimum Gasteiger partial charge on any atom is -0.469 e. The fraction of sp³-hybridized carbons (Fsp3) is 0.640. The number of hydrogen-bond acceptors (Lipinski definition) is 7. The predicted molar refractivity (Wildman–Crippen MR) is 126 cm³/mol. The highest BCUT2D eigenvalue weighted by Gasteiger charge is 2.56. The van der Waals surface area contributed by atoms with E-state index in [1.807, 2.05) is 26.8 Å². The summed E-state index contributed by atoms with van der Waals surface area (Å²) < 4.78 is 10.4. The van der Waals surface area contributed by atoms with Crippen molar-refractivity contribution >= 4 is 29.4 Å². The largest absolute Gasteiger partial charge is 0.469 e. The summed E-state index contributed by atoms with van der Waals surface area (Å²) in [4.78, 5) is 48.1. The van der Waals surface area contributed by atoms with E-state index in [1.165, 1.54) is 7.11 Å². The Morgan fingerprint density at radius 2 is 1.65 bits per heavy atom. The van der Waals surface area contributed by atoms with Crippen molar-refractivity contribution in [2.24, 2.45) is 10.8 Å². The lowest BCUT2D eigenvalue weighted by Crippen LogP contribution is -2.51. The van der Waals surface area contributed by atoms with Gasteiger partial charge in [-0.2, -0.15) is 0 Å². The molecule has 2 bridgehead atoms. The molecule has 5 rings (SSSR count). The minimum atomic E-state index is -0.522. The highest BCUT2D eigenvalue weighted by atomic mass is 16.6. The van der Waals surface area contributed by atoms with Gasteiger partial charge in [0.05, 0.1) is 30.6 Å². The number of carbonyl (C=O) groups is 3. The Kier molecular flexibility index (Phi) is 6.40. The summed E-state index contributed by atoms with van der Waals surface area (Å²) in [5, 5.41) is 2.94. The smallest absolute Gasteiger partial charge is 0.410 e. The van der Waals surface area contributed by atoms with Gasteiger partial charge in [0.15, 0.2) is 5.82 Å². The van der Waals surface area contributed by atoms with Gasteiger partial charge in [-0.3, -0.25) is 14.6 Å². The molecule has 2 amide bonds. The molecule has 1 N–H and O–H groups in total. The average Bonchev–Trinajstić information content (AvgIpc) is 2.84. The van der Waals surface area contributed by atoms with Crippen LogP contribution in [0, 0.1) is 10.8 Å². The van der Waals surface area contributed by atoms with Crippen molar-refractivity contribution in [2.45, 2.75) is 71.3 Å². The second-order valence-corrected chi connectivity index (χ2v) is 10.7. The van der Waals surface area contributed by atoms with E-state index in [0.717, 1.165) is 11.3 Å². The van der Waals surface area contributed by atoms with Crippen LogP contribution in [-0.4, -0.2) is 58.6 Å². The summed E-state index contributed by atoms with van der Waals surface area (Å²) in [5.74, 6) is 0.233. The van der Waals surface area contributed by atoms with Crippen LogP contribution in [0.1, 0.15) is 71.4 Å². The molecule has 9 heteroatoms. The zero-order valence-corrected chi connectivity index (χ0v) is 20.5. The molecule has 3 saturated carbocycles. The molecule has 1 aromatic rings. The maximum Gasteiger partial charge on any atom is 0.410 e. The van der Waals surface area contributed by atoms with E-state index in [-0.39, 0.29) is 18.0 Å². The van der Waals surface area contributed by atoms with E-state index in [4.69, 9.17) is 9.47 Å². The number of esters is 1. The first kappa shape index (κ1) is 24.2. The molecule has 0 atom stereocenters. The molecule has 3 fully saturated rings. The molecular weight excluding hydrogens is 436 g/mol. The lowest BCUT2D eigenvalue weighted by atomic mass is 9.53. The van der Waals surface area contributed by atoms with Crippen LogP contribution in [0.5, 0.6) is 0 Å². The monoisotopic (exact) mass is 470 g/mol. The normalized spacial score (nSPS) is 26.5. The zero-order valence-electron chi connectivity index (χ0n) is 20.5. The van der Waals surface area contributed by atoms with Gasteiger partial charge >= 0.3 is 12.1 Å². The van der Waals surface area contributed by atoms with Gasteiger partial charge in [-0.05, 0) is 71.3 Å². The number of carbonyl (C=O) groups excluding carboxylic acids is 3. The Morgan fingerprint density at radius 1 is 1.00 bits per heavy atom. The zero-order chi connectivity index (χ0) is 24.6. The van der Waals surface area contributed by atoms with Gasteiger partial charge in [-0.15, -0.1) is 0 Å². The first-order valence-corrected chi connectivity index (χ1v) is 12.0. The number of anilines is 1. The van der Waals surface area contributed by atoms with Gasteiger partial charge in [0, 0.05) is 18.5 Å². The van der Waals surface area contributed by atoms with Gasteiger partial charge in [0.25, 0.3) is 0 Å². The molecule has 4 aliphatic rings. The number of nitrogens with one attached hydrogen (secondary N) is 1. The lowest BCUT2D eigenvalue weighted by Gasteiger charge is -2.50. The molecule has 184 valence electrons. The average molecular weight is 471 g/mol. The second-order valence-electron chi connectivity index (χ2n) is 10.7. The Balaban J connectivity index is 1.34. The van der Waals surface area contributed by atoms with Crippen molar-refractivity contribution in [3.05, 3.63) is 24.2 Å². The van der Waals surface area contributed by atoms with Gasteiger partial charge in [-0.25, -0.2) is 9.78 Å². The number of aromatic nitrogens is 2. The number of methoxy groups -OCH3 is 1. The lowest BCUT2D eigenvalue weighted by molar-refractivity contribution is -0.165. The summed E-state index contributed by atoms with van der Waals surface area (Å²) >= 11 is 0. The summed E-state index contributed by atoms with van der Waals surface area (Å²) in [6.45, 7) is 6.56. The number of ether oxygens (including phenoxy) is 2. The van der Waals surface area contributed by atoms with E-state index in [2.05, 4.69) is 15.3 Å². The Morgan fingerprint density at radius 3 is 2.15 bits per heavy atom. The van der Waals surface area contributed by atoms with Crippen molar-refractivity contribution in [2.75, 3.05) is 25.5 Å². The van der Waals surface area contributed by atoms with Crippen molar-refractivity contribution in [3.8, 4) is 0 Å². The molecule has 0 aromatic carbocycles. The molecule has 3 aliphatic carbocycles. The highest BCUT2D eigenvalue weighted by Crippen LogP contribution is 2.57. The Bertz CT molecular complexity index is 971. The molecule has 1 aliphatic heterocycles. The van der Waals surface area contributed by atoms with Crippen LogP contribution < -0.4 is 5.32 Å². The topological polar surface area (TPSA) is 111 Å². The molecular formula is C25H34N4O5. The quantitative estimate of drug-likeness (QED) is 0.663. The maximum atomic E-state index is 13.1. The number of fused-ring (bicyclic) bond motifs is 3. The van der Waals surface area contributed by atoms with Gasteiger partial charge in [0.2, 0.25) is 5.91 Å². The fourth-order valence-corrected chi connectivity index (χ4v) is 5.25. The van der Waals surface area contributed by atoms with E-state index < -0.39 is 16.4 Å². The number of hydrogen-bond donors (Lipinski definition) is 1. The molecule has 9 nitrogen and oxygen atoms in total. The Labute approximate surface area is 200 Å². The second kappa shape index (κ2) is 9.00. The summed E-state index contributed by atoms with van der Waals surface area (Å²) in [6.07, 6.45) is 9.64. The van der Waals surface area contributed by atoms with Crippen LogP contribution in [0.4, 0.5) is 10.6 Å². The van der Waals surface area contributed by atoms with Crippen LogP contribution in [0.15, 0.2) is 18.5 Å². The number of amides is 2. The van der Waals surface area contributed by atoms with E-state index >= 15 is 0 Å². The first-order chi connectivity index (χ1) is 16.1. The first-order valence-electron chi connectivity index (χ1n) is 12.0. The molecule has 0 saturated heterocycles. The fourth-order valence-electron chi connectivity index (χ4n) is 5.25. The number of nitrogens with zero attached hydrogens (tertiary/aromatic N) is 3. The third-order valence-electron chi connectivity index (χ3n) is 7.43. The van der Waals surface area contributed by atoms with Gasteiger partial charge in [-0.1, -0.05) is 6.08 Å². The molecule has 0 spiro atoms. The third kappa shape index (κ3) is 4.79. The maximum absolute atomic E-state index is 13.1. The van der Waals surface area contributed by atoms with E-state index in [0.29, 0.717) is 63.9 Å². The third-order valence-corrected chi connectivity index (χ3v) is 7.43. The summed E-state index contributed by atoms with van der Waals surface area (Å²) in [7, 11) is 1.43. The van der Waals surface area contributed by atoms with E-state index in [9.17, 15) is 14.4 Å². The van der Waals surface area contributed by atoms with E-state index in [1.54, 1.807) is 17.3 Å². The van der Waals surface area contributed by atoms with Crippen LogP contribution in [-0.2, 0) is 19.1 Å². The Hall–Kier alpha value is -2.97. The standard InChI is InChI=1S/C25H34N4O5/c1-23(2,3)34-22(32)29-13-5-17(6-14-29)18-15-27-19(16-26-18)28-20(30)24-7-10-25(11-8-24,12-9-24)21(31)33-4/h5,15-16H,6-14H2,1-4H3,(H,27,28,30). The summed E-state index contributed by atoms with van der Waals surface area (Å²) in [5.41, 5.74) is 0.366. The minimum absolute atomic E-state index is 0.0439. The van der Waals surface area contributed by atoms with Crippen molar-refractivity contribution in [1.82, 2.24) is 14.9 Å². The van der Waals surface area contributed by atoms with Crippen molar-refractivity contribution < 1.29 is 23.9 Å². The summed E-state index contributed by atoms with van der Waals surface area (Å²) in [6, 6.07) is 0. The predicted octanol–water partition coefficient (Wildman–Crippen LogP) is 3.95. The molecule has 0 radical (unpaired) electrons. The SMILES string of the molecule is COC(=O)C12CCC(C(=O)Nc3cnc(C4=CCN(C(=O)OC(C)(C)C)CC4)cn3)(CC1)CC2. The van der Waals surface area contributed by atoms with Crippen LogP contribution >= 0.6 is 0 Å². The van der Waals surface area contributed by atoms with Crippen molar-refractivity contribution in [1.29, 1.82) is 0 Å². The molecule has 0 unspecified atom stereocenters. The van der Waals surface area contributed by atoms with Crippen molar-refractivity contribution in [3.63, 3.8) is 0 Å². The van der Waals surface area contributed by atoms with Crippen LogP contribution in [0.25, 0.3) is 5.57 Å². The van der Waals surface area contributed by atoms with Gasteiger partial charge < -0.3 is 19.7 Å². The van der Waals surface area contributed by atoms with Crippen LogP contribution in [0.2, 0.25) is 0 Å². The highest BCUT2D eigenvalue weighted by molar-refractivity contribution is 5.95. The molecule has 2 heterocycles. The molecule has 34 heavy (non-hydrogen) atoms.